The van der Waals surface area contributed by atoms with Crippen LogP contribution in [-0.2, 0) is 0 Å². The number of anilines is 1. The summed E-state index contributed by atoms with van der Waals surface area (Å²) >= 11 is 0. The van der Waals surface area contributed by atoms with E-state index in [9.17, 15) is 4.79 Å². The Morgan fingerprint density at radius 2 is 1.97 bits per heavy atom. The van der Waals surface area contributed by atoms with Gasteiger partial charge in [0.05, 0.1) is 11.2 Å². The molecule has 1 N–H and O–H groups in total. The Hall–Kier alpha value is -3.74. The smallest absolute Gasteiger partial charge is 0.275 e. The highest BCUT2D eigenvalue weighted by molar-refractivity contribution is 6.04. The molecule has 1 atom stereocenters. The molecule has 1 fully saturated rings. The first-order valence-corrected chi connectivity index (χ1v) is 11.3. The number of H-pyrrole nitrogens is 1. The van der Waals surface area contributed by atoms with Gasteiger partial charge >= 0.3 is 0 Å². The van der Waals surface area contributed by atoms with E-state index < -0.39 is 0 Å². The third kappa shape index (κ3) is 4.06. The summed E-state index contributed by atoms with van der Waals surface area (Å²) in [6.45, 7) is 3.37. The molecule has 0 aliphatic carbocycles. The van der Waals surface area contributed by atoms with Gasteiger partial charge in [0.25, 0.3) is 5.91 Å². The van der Waals surface area contributed by atoms with Crippen molar-refractivity contribution in [2.75, 3.05) is 32.1 Å². The molecule has 1 aliphatic heterocycles. The van der Waals surface area contributed by atoms with Gasteiger partial charge in [0.15, 0.2) is 5.69 Å². The van der Waals surface area contributed by atoms with Gasteiger partial charge < -0.3 is 9.80 Å². The fourth-order valence-electron chi connectivity index (χ4n) is 4.58. The highest BCUT2D eigenvalue weighted by Crippen LogP contribution is 2.34. The molecule has 2 aromatic heterocycles. The van der Waals surface area contributed by atoms with Crippen LogP contribution in [0.4, 0.5) is 5.95 Å². The van der Waals surface area contributed by atoms with Crippen molar-refractivity contribution in [3.8, 4) is 11.1 Å². The molecule has 0 spiro atoms. The summed E-state index contributed by atoms with van der Waals surface area (Å²) in [6, 6.07) is 16.3. The van der Waals surface area contributed by atoms with Crippen LogP contribution >= 0.6 is 0 Å². The van der Waals surface area contributed by atoms with E-state index in [0.29, 0.717) is 18.2 Å². The maximum Gasteiger partial charge on any atom is 0.275 e. The minimum absolute atomic E-state index is 0.0281. The summed E-state index contributed by atoms with van der Waals surface area (Å²) in [7, 11) is 3.89. The molecule has 3 heterocycles. The molecular formula is C26H28N6O. The van der Waals surface area contributed by atoms with Crippen molar-refractivity contribution in [2.24, 2.45) is 0 Å². The zero-order chi connectivity index (χ0) is 22.9. The van der Waals surface area contributed by atoms with E-state index in [1.807, 2.05) is 73.4 Å². The Balaban J connectivity index is 1.49. The van der Waals surface area contributed by atoms with Crippen LogP contribution in [0.25, 0.3) is 22.0 Å². The number of hydrogen-bond donors (Lipinski definition) is 1. The number of aromatic nitrogens is 4. The Morgan fingerprint density at radius 1 is 1.15 bits per heavy atom. The largest absolute Gasteiger partial charge is 0.347 e. The van der Waals surface area contributed by atoms with Gasteiger partial charge in [-0.3, -0.25) is 9.89 Å². The molecule has 1 aliphatic rings. The van der Waals surface area contributed by atoms with Crippen molar-refractivity contribution in [1.29, 1.82) is 0 Å². The summed E-state index contributed by atoms with van der Waals surface area (Å²) in [6.07, 6.45) is 3.82. The van der Waals surface area contributed by atoms with Crippen LogP contribution in [0.5, 0.6) is 0 Å². The third-order valence-electron chi connectivity index (χ3n) is 6.31. The fraction of sp³-hybridized carbons (Fsp3) is 0.308. The predicted molar refractivity (Wildman–Crippen MR) is 131 cm³/mol. The van der Waals surface area contributed by atoms with Crippen LogP contribution < -0.4 is 4.90 Å². The average Bonchev–Trinajstić information content (AvgIpc) is 3.26. The van der Waals surface area contributed by atoms with Gasteiger partial charge in [-0.15, -0.1) is 0 Å². The molecule has 7 heteroatoms. The molecular weight excluding hydrogens is 412 g/mol. The average molecular weight is 441 g/mol. The molecule has 0 radical (unpaired) electrons. The first-order valence-electron chi connectivity index (χ1n) is 11.3. The molecule has 2 aromatic carbocycles. The molecule has 1 amide bonds. The number of nitrogens with zero attached hydrogens (tertiary/aromatic N) is 5. The molecule has 33 heavy (non-hydrogen) atoms. The van der Waals surface area contributed by atoms with Gasteiger partial charge in [0, 0.05) is 50.2 Å². The summed E-state index contributed by atoms with van der Waals surface area (Å²) in [4.78, 5) is 26.9. The number of likely N-dealkylation sites (tertiary alicyclic amines) is 1. The number of fused-ring (bicyclic) bond motifs is 1. The van der Waals surface area contributed by atoms with Gasteiger partial charge in [0.2, 0.25) is 5.95 Å². The number of aryl methyl sites for hydroxylation is 1. The van der Waals surface area contributed by atoms with E-state index >= 15 is 0 Å². The van der Waals surface area contributed by atoms with Crippen LogP contribution in [0.1, 0.15) is 40.5 Å². The minimum Gasteiger partial charge on any atom is -0.347 e. The molecule has 0 unspecified atom stereocenters. The Labute approximate surface area is 193 Å². The van der Waals surface area contributed by atoms with Gasteiger partial charge in [0.1, 0.15) is 0 Å². The molecule has 168 valence electrons. The molecule has 4 aromatic rings. The summed E-state index contributed by atoms with van der Waals surface area (Å²) in [5.74, 6) is 0.785. The lowest BCUT2D eigenvalue weighted by Gasteiger charge is -2.33. The second kappa shape index (κ2) is 8.65. The van der Waals surface area contributed by atoms with E-state index in [0.717, 1.165) is 52.7 Å². The molecule has 7 nitrogen and oxygen atoms in total. The molecule has 1 saturated heterocycles. The zero-order valence-electron chi connectivity index (χ0n) is 19.2. The number of benzene rings is 2. The first-order chi connectivity index (χ1) is 16.0. The predicted octanol–water partition coefficient (Wildman–Crippen LogP) is 4.41. The second-order valence-electron chi connectivity index (χ2n) is 8.94. The first kappa shape index (κ1) is 21.1. The van der Waals surface area contributed by atoms with E-state index in [4.69, 9.17) is 4.98 Å². The van der Waals surface area contributed by atoms with Gasteiger partial charge in [-0.05, 0) is 37.5 Å². The van der Waals surface area contributed by atoms with Crippen molar-refractivity contribution < 1.29 is 4.79 Å². The number of carbonyl (C=O) groups excluding carboxylic acids is 1. The van der Waals surface area contributed by atoms with Crippen molar-refractivity contribution in [3.05, 3.63) is 71.7 Å². The Morgan fingerprint density at radius 3 is 2.76 bits per heavy atom. The van der Waals surface area contributed by atoms with Gasteiger partial charge in [-0.2, -0.15) is 5.10 Å². The monoisotopic (exact) mass is 440 g/mol. The van der Waals surface area contributed by atoms with Gasteiger partial charge in [-0.1, -0.05) is 42.0 Å². The Kier molecular flexibility index (Phi) is 5.54. The van der Waals surface area contributed by atoms with Crippen LogP contribution in [0.2, 0.25) is 0 Å². The number of carbonyl (C=O) groups is 1. The number of piperidine rings is 1. The summed E-state index contributed by atoms with van der Waals surface area (Å²) < 4.78 is 0. The van der Waals surface area contributed by atoms with E-state index in [1.165, 1.54) is 0 Å². The van der Waals surface area contributed by atoms with Crippen LogP contribution in [0.15, 0.2) is 54.7 Å². The number of nitrogens with one attached hydrogen (secondary N) is 1. The summed E-state index contributed by atoms with van der Waals surface area (Å²) in [5.41, 5.74) is 5.61. The maximum absolute atomic E-state index is 13.5. The van der Waals surface area contributed by atoms with Crippen molar-refractivity contribution in [3.63, 3.8) is 0 Å². The molecule has 0 bridgehead atoms. The second-order valence-corrected chi connectivity index (χ2v) is 8.94. The SMILES string of the molecule is Cc1ccc2[nH]nc(C(=O)N3CCC[C@@H](c4nc(N(C)C)ncc4-c4ccccc4)C3)c2c1. The van der Waals surface area contributed by atoms with Crippen molar-refractivity contribution >= 4 is 22.8 Å². The normalized spacial score (nSPS) is 16.2. The quantitative estimate of drug-likeness (QED) is 0.508. The Bertz CT molecular complexity index is 1300. The van der Waals surface area contributed by atoms with Crippen LogP contribution in [-0.4, -0.2) is 58.2 Å². The summed E-state index contributed by atoms with van der Waals surface area (Å²) in [5, 5.41) is 8.25. The van der Waals surface area contributed by atoms with Crippen LogP contribution in [0, 0.1) is 6.92 Å². The van der Waals surface area contributed by atoms with Crippen molar-refractivity contribution in [1.82, 2.24) is 25.1 Å². The highest BCUT2D eigenvalue weighted by Gasteiger charge is 2.30. The number of hydrogen-bond acceptors (Lipinski definition) is 5. The maximum atomic E-state index is 13.5. The van der Waals surface area contributed by atoms with E-state index in [-0.39, 0.29) is 11.8 Å². The number of aromatic amines is 1. The lowest BCUT2D eigenvalue weighted by atomic mass is 9.89. The zero-order valence-corrected chi connectivity index (χ0v) is 19.2. The number of rotatable bonds is 4. The fourth-order valence-corrected chi connectivity index (χ4v) is 4.58. The van der Waals surface area contributed by atoms with Gasteiger partial charge in [-0.25, -0.2) is 9.97 Å². The van der Waals surface area contributed by atoms with E-state index in [1.54, 1.807) is 0 Å². The van der Waals surface area contributed by atoms with Crippen LogP contribution in [0.3, 0.4) is 0 Å². The molecule has 5 rings (SSSR count). The number of amides is 1. The standard InChI is InChI=1S/C26H28N6O/c1-17-11-12-22-20(14-17)24(30-29-22)25(33)32-13-7-10-19(16-32)23-21(18-8-5-4-6-9-18)15-27-26(28-23)31(2)3/h4-6,8-9,11-12,14-15,19H,7,10,13,16H2,1-3H3,(H,29,30)/t19-/m1/s1. The highest BCUT2D eigenvalue weighted by atomic mass is 16.2. The van der Waals surface area contributed by atoms with E-state index in [2.05, 4.69) is 27.3 Å². The third-order valence-corrected chi connectivity index (χ3v) is 6.31. The lowest BCUT2D eigenvalue weighted by molar-refractivity contribution is 0.0702. The molecule has 0 saturated carbocycles. The topological polar surface area (TPSA) is 78.0 Å². The lowest BCUT2D eigenvalue weighted by Crippen LogP contribution is -2.39. The van der Waals surface area contributed by atoms with Crippen molar-refractivity contribution in [2.45, 2.75) is 25.7 Å². The minimum atomic E-state index is -0.0281.